The molecule has 25 heavy (non-hydrogen) atoms. The van der Waals surface area contributed by atoms with Crippen molar-refractivity contribution in [1.82, 2.24) is 5.32 Å². The first-order valence-corrected chi connectivity index (χ1v) is 8.52. The van der Waals surface area contributed by atoms with Gasteiger partial charge in [-0.05, 0) is 25.0 Å². The molecule has 0 fully saturated rings. The second-order valence-corrected chi connectivity index (χ2v) is 5.50. The highest BCUT2D eigenvalue weighted by Crippen LogP contribution is 2.27. The first kappa shape index (κ1) is 21.5. The zero-order valence-corrected chi connectivity index (χ0v) is 15.5. The van der Waals surface area contributed by atoms with Crippen LogP contribution in [-0.4, -0.2) is 38.1 Å². The van der Waals surface area contributed by atoms with Gasteiger partial charge in [0.25, 0.3) is 0 Å². The molecule has 2 aromatic carbocycles. The Morgan fingerprint density at radius 2 is 1.72 bits per heavy atom. The Balaban J connectivity index is 0.00000312. The minimum atomic E-state index is 0. The number of halogens is 1. The second kappa shape index (κ2) is 12.7. The van der Waals surface area contributed by atoms with E-state index in [1.165, 1.54) is 5.56 Å². The van der Waals surface area contributed by atoms with E-state index in [2.05, 4.69) is 23.5 Å². The Morgan fingerprint density at radius 1 is 1.00 bits per heavy atom. The second-order valence-electron chi connectivity index (χ2n) is 5.50. The van der Waals surface area contributed by atoms with Crippen LogP contribution < -0.4 is 10.1 Å². The van der Waals surface area contributed by atoms with E-state index in [4.69, 9.17) is 9.47 Å². The molecule has 0 heterocycles. The fourth-order valence-corrected chi connectivity index (χ4v) is 2.64. The first-order chi connectivity index (χ1) is 11.8. The van der Waals surface area contributed by atoms with Crippen LogP contribution in [0.15, 0.2) is 54.6 Å². The van der Waals surface area contributed by atoms with Crippen LogP contribution in [-0.2, 0) is 11.2 Å². The summed E-state index contributed by atoms with van der Waals surface area (Å²) in [5, 5.41) is 12.6. The largest absolute Gasteiger partial charge is 0.491 e. The lowest BCUT2D eigenvalue weighted by Gasteiger charge is -2.22. The number of benzene rings is 2. The van der Waals surface area contributed by atoms with Crippen LogP contribution in [0.4, 0.5) is 0 Å². The van der Waals surface area contributed by atoms with Crippen molar-refractivity contribution < 1.29 is 14.6 Å². The molecule has 0 aliphatic rings. The van der Waals surface area contributed by atoms with E-state index >= 15 is 0 Å². The van der Waals surface area contributed by atoms with Crippen molar-refractivity contribution in [2.24, 2.45) is 0 Å². The van der Waals surface area contributed by atoms with Crippen LogP contribution in [0.5, 0.6) is 5.75 Å². The molecule has 0 aliphatic carbocycles. The van der Waals surface area contributed by atoms with Crippen LogP contribution >= 0.6 is 12.4 Å². The molecule has 1 atom stereocenters. The summed E-state index contributed by atoms with van der Waals surface area (Å²) in [4.78, 5) is 0. The van der Waals surface area contributed by atoms with Gasteiger partial charge < -0.3 is 19.9 Å². The quantitative estimate of drug-likeness (QED) is 0.599. The van der Waals surface area contributed by atoms with Crippen molar-refractivity contribution in [3.05, 3.63) is 65.7 Å². The number of aliphatic hydroxyl groups is 1. The summed E-state index contributed by atoms with van der Waals surface area (Å²) < 4.78 is 11.3. The number of hydrogen-bond donors (Lipinski definition) is 2. The monoisotopic (exact) mass is 365 g/mol. The summed E-state index contributed by atoms with van der Waals surface area (Å²) in [6.07, 6.45) is 0.840. The van der Waals surface area contributed by atoms with Crippen molar-refractivity contribution in [3.63, 3.8) is 0 Å². The van der Waals surface area contributed by atoms with Crippen molar-refractivity contribution >= 4 is 12.4 Å². The van der Waals surface area contributed by atoms with Gasteiger partial charge in [0, 0.05) is 24.8 Å². The molecule has 0 radical (unpaired) electrons. The highest BCUT2D eigenvalue weighted by Gasteiger charge is 2.16. The van der Waals surface area contributed by atoms with Crippen molar-refractivity contribution in [1.29, 1.82) is 0 Å². The Bertz CT molecular complexity index is 580. The number of para-hydroxylation sites is 1. The molecule has 2 N–H and O–H groups in total. The molecule has 0 amide bonds. The van der Waals surface area contributed by atoms with Crippen LogP contribution in [0.25, 0.3) is 0 Å². The maximum Gasteiger partial charge on any atom is 0.124 e. The van der Waals surface area contributed by atoms with Crippen molar-refractivity contribution in [2.75, 3.05) is 33.0 Å². The molecular weight excluding hydrogens is 338 g/mol. The van der Waals surface area contributed by atoms with Gasteiger partial charge in [-0.3, -0.25) is 0 Å². The number of aliphatic hydroxyl groups excluding tert-OH is 1. The Hall–Kier alpha value is -1.59. The minimum Gasteiger partial charge on any atom is -0.491 e. The molecule has 5 heteroatoms. The predicted octanol–water partition coefficient (Wildman–Crippen LogP) is 3.39. The predicted molar refractivity (Wildman–Crippen MR) is 104 cm³/mol. The molecule has 4 nitrogen and oxygen atoms in total. The molecule has 2 aromatic rings. The molecule has 0 saturated heterocycles. The van der Waals surface area contributed by atoms with E-state index in [-0.39, 0.29) is 25.1 Å². The molecular formula is C20H28ClNO3. The highest BCUT2D eigenvalue weighted by molar-refractivity contribution is 5.85. The summed E-state index contributed by atoms with van der Waals surface area (Å²) in [7, 11) is 0. The third-order valence-corrected chi connectivity index (χ3v) is 3.77. The number of ether oxygens (including phenoxy) is 2. The van der Waals surface area contributed by atoms with E-state index < -0.39 is 0 Å². The van der Waals surface area contributed by atoms with Crippen molar-refractivity contribution in [2.45, 2.75) is 19.4 Å². The zero-order valence-electron chi connectivity index (χ0n) is 14.7. The van der Waals surface area contributed by atoms with Gasteiger partial charge in [-0.1, -0.05) is 48.5 Å². The third kappa shape index (κ3) is 7.45. The molecule has 0 spiro atoms. The number of hydrogen-bond acceptors (Lipinski definition) is 4. The number of rotatable bonds is 11. The number of nitrogens with one attached hydrogen (secondary N) is 1. The van der Waals surface area contributed by atoms with E-state index in [1.54, 1.807) is 0 Å². The maximum atomic E-state index is 9.19. The van der Waals surface area contributed by atoms with Gasteiger partial charge in [0.05, 0.1) is 13.2 Å². The smallest absolute Gasteiger partial charge is 0.124 e. The normalized spacial score (nSPS) is 11.6. The molecule has 0 aromatic heterocycles. The maximum absolute atomic E-state index is 9.19. The van der Waals surface area contributed by atoms with Gasteiger partial charge in [-0.25, -0.2) is 0 Å². The van der Waals surface area contributed by atoms with E-state index in [1.807, 2.05) is 43.3 Å². The van der Waals surface area contributed by atoms with Crippen LogP contribution in [0.2, 0.25) is 0 Å². The fourth-order valence-electron chi connectivity index (χ4n) is 2.64. The molecule has 0 saturated carbocycles. The van der Waals surface area contributed by atoms with E-state index in [0.29, 0.717) is 26.4 Å². The van der Waals surface area contributed by atoms with Crippen molar-refractivity contribution in [3.8, 4) is 5.75 Å². The average Bonchev–Trinajstić information content (AvgIpc) is 2.63. The molecule has 2 rings (SSSR count). The molecule has 0 aliphatic heterocycles. The van der Waals surface area contributed by atoms with Gasteiger partial charge in [-0.2, -0.15) is 0 Å². The summed E-state index contributed by atoms with van der Waals surface area (Å²) >= 11 is 0. The van der Waals surface area contributed by atoms with E-state index in [0.717, 1.165) is 17.7 Å². The van der Waals surface area contributed by atoms with E-state index in [9.17, 15) is 5.11 Å². The van der Waals surface area contributed by atoms with Crippen LogP contribution in [0.1, 0.15) is 24.1 Å². The average molecular weight is 366 g/mol. The van der Waals surface area contributed by atoms with Crippen LogP contribution in [0, 0.1) is 0 Å². The summed E-state index contributed by atoms with van der Waals surface area (Å²) in [5.74, 6) is 0.864. The van der Waals surface area contributed by atoms with Gasteiger partial charge >= 0.3 is 0 Å². The lowest BCUT2D eigenvalue weighted by Crippen LogP contribution is -2.27. The Kier molecular flexibility index (Phi) is 10.9. The highest BCUT2D eigenvalue weighted by atomic mass is 35.5. The van der Waals surface area contributed by atoms with Gasteiger partial charge in [0.15, 0.2) is 0 Å². The van der Waals surface area contributed by atoms with Gasteiger partial charge in [0.2, 0.25) is 0 Å². The summed E-state index contributed by atoms with van der Waals surface area (Å²) in [6.45, 7) is 4.44. The standard InChI is InChI=1S/C20H27NO3.ClH/c1-2-23-14-15-24-20-11-7-6-10-18(20)19(21-12-13-22)16-17-8-4-3-5-9-17;/h3-11,19,21-22H,2,12-16H2,1H3;1H. The zero-order chi connectivity index (χ0) is 17.0. The first-order valence-electron chi connectivity index (χ1n) is 8.52. The lowest BCUT2D eigenvalue weighted by molar-refractivity contribution is 0.109. The topological polar surface area (TPSA) is 50.7 Å². The Morgan fingerprint density at radius 3 is 2.44 bits per heavy atom. The Labute approximate surface area is 156 Å². The minimum absolute atomic E-state index is 0. The van der Waals surface area contributed by atoms with Gasteiger partial charge in [-0.15, -0.1) is 12.4 Å². The summed E-state index contributed by atoms with van der Waals surface area (Å²) in [6, 6.07) is 18.5. The molecule has 138 valence electrons. The third-order valence-electron chi connectivity index (χ3n) is 3.77. The fraction of sp³-hybridized carbons (Fsp3) is 0.400. The SMILES string of the molecule is CCOCCOc1ccccc1C(Cc1ccccc1)NCCO.Cl. The van der Waals surface area contributed by atoms with Gasteiger partial charge in [0.1, 0.15) is 12.4 Å². The molecule has 0 bridgehead atoms. The molecule has 1 unspecified atom stereocenters. The lowest BCUT2D eigenvalue weighted by atomic mass is 9.98. The summed E-state index contributed by atoms with van der Waals surface area (Å²) in [5.41, 5.74) is 2.35. The van der Waals surface area contributed by atoms with Crippen LogP contribution in [0.3, 0.4) is 0 Å².